The Balaban J connectivity index is 1.75. The van der Waals surface area contributed by atoms with Crippen LogP contribution in [-0.2, 0) is 16.1 Å². The molecule has 0 aliphatic heterocycles. The molecule has 0 aliphatic carbocycles. The molecular formula is C19H18N2O3. The maximum Gasteiger partial charge on any atom is 0.313 e. The number of aromatic nitrogens is 2. The first-order valence-electron chi connectivity index (χ1n) is 7.88. The van der Waals surface area contributed by atoms with Crippen LogP contribution < -0.4 is 5.56 Å². The molecule has 2 aromatic carbocycles. The standard InChI is InChI=1S/C19H18N2O3/c1-2-14(13-8-4-3-5-9-13)19(23)24-12-17-20-16-11-7-6-10-15(16)18(22)21-17/h3-11,14H,2,12H2,1H3,(H,20,21,22)/t14-/m0/s1. The number of carbonyl (C=O) groups is 1. The Bertz CT molecular complexity index is 903. The number of para-hydroxylation sites is 1. The number of H-pyrrole nitrogens is 1. The first kappa shape index (κ1) is 15.9. The highest BCUT2D eigenvalue weighted by Gasteiger charge is 2.20. The number of carbonyl (C=O) groups excluding carboxylic acids is 1. The van der Waals surface area contributed by atoms with Crippen molar-refractivity contribution >= 4 is 16.9 Å². The summed E-state index contributed by atoms with van der Waals surface area (Å²) in [6.45, 7) is 1.89. The SMILES string of the molecule is CC[C@H](C(=O)OCc1nc2ccccc2c(=O)[nH]1)c1ccccc1. The summed E-state index contributed by atoms with van der Waals surface area (Å²) in [7, 11) is 0. The zero-order valence-electron chi connectivity index (χ0n) is 13.4. The van der Waals surface area contributed by atoms with Gasteiger partial charge in [0.25, 0.3) is 5.56 Å². The topological polar surface area (TPSA) is 72.0 Å². The lowest BCUT2D eigenvalue weighted by Gasteiger charge is -2.14. The van der Waals surface area contributed by atoms with Crippen LogP contribution >= 0.6 is 0 Å². The highest BCUT2D eigenvalue weighted by atomic mass is 16.5. The zero-order chi connectivity index (χ0) is 16.9. The van der Waals surface area contributed by atoms with Gasteiger partial charge in [-0.3, -0.25) is 9.59 Å². The molecule has 0 saturated carbocycles. The molecule has 0 radical (unpaired) electrons. The first-order chi connectivity index (χ1) is 11.7. The van der Waals surface area contributed by atoms with Gasteiger partial charge in [0.15, 0.2) is 0 Å². The lowest BCUT2D eigenvalue weighted by Crippen LogP contribution is -2.18. The number of hydrogen-bond donors (Lipinski definition) is 1. The van der Waals surface area contributed by atoms with Crippen LogP contribution in [0.25, 0.3) is 10.9 Å². The lowest BCUT2D eigenvalue weighted by atomic mass is 9.97. The molecule has 0 bridgehead atoms. The number of benzene rings is 2. The Morgan fingerprint density at radius 3 is 2.58 bits per heavy atom. The maximum atomic E-state index is 12.4. The molecule has 122 valence electrons. The molecule has 3 rings (SSSR count). The second-order valence-electron chi connectivity index (χ2n) is 5.51. The summed E-state index contributed by atoms with van der Waals surface area (Å²) in [5.74, 6) is -0.298. The van der Waals surface area contributed by atoms with E-state index in [0.717, 1.165) is 5.56 Å². The lowest BCUT2D eigenvalue weighted by molar-refractivity contribution is -0.147. The molecule has 0 fully saturated rings. The third kappa shape index (κ3) is 3.35. The van der Waals surface area contributed by atoms with Crippen LogP contribution in [0.15, 0.2) is 59.4 Å². The summed E-state index contributed by atoms with van der Waals surface area (Å²) >= 11 is 0. The molecule has 0 amide bonds. The van der Waals surface area contributed by atoms with Gasteiger partial charge in [-0.15, -0.1) is 0 Å². The van der Waals surface area contributed by atoms with E-state index in [1.807, 2.05) is 43.3 Å². The van der Waals surface area contributed by atoms with E-state index in [4.69, 9.17) is 4.74 Å². The molecule has 1 heterocycles. The highest BCUT2D eigenvalue weighted by Crippen LogP contribution is 2.21. The smallest absolute Gasteiger partial charge is 0.313 e. The van der Waals surface area contributed by atoms with E-state index in [-0.39, 0.29) is 24.1 Å². The fourth-order valence-corrected chi connectivity index (χ4v) is 2.67. The van der Waals surface area contributed by atoms with Crippen molar-refractivity contribution in [2.45, 2.75) is 25.9 Å². The van der Waals surface area contributed by atoms with Crippen LogP contribution in [0.1, 0.15) is 30.7 Å². The van der Waals surface area contributed by atoms with Crippen LogP contribution in [0.5, 0.6) is 0 Å². The summed E-state index contributed by atoms with van der Waals surface area (Å²) in [5.41, 5.74) is 1.27. The minimum absolute atomic E-state index is 0.0533. The monoisotopic (exact) mass is 322 g/mol. The van der Waals surface area contributed by atoms with Gasteiger partial charge in [0, 0.05) is 0 Å². The number of nitrogens with one attached hydrogen (secondary N) is 1. The van der Waals surface area contributed by atoms with E-state index in [1.165, 1.54) is 0 Å². The second kappa shape index (κ2) is 7.08. The van der Waals surface area contributed by atoms with Gasteiger partial charge in [0.05, 0.1) is 16.8 Å². The van der Waals surface area contributed by atoms with Gasteiger partial charge in [-0.1, -0.05) is 49.4 Å². The number of hydrogen-bond acceptors (Lipinski definition) is 4. The van der Waals surface area contributed by atoms with Crippen molar-refractivity contribution < 1.29 is 9.53 Å². The fraction of sp³-hybridized carbons (Fsp3) is 0.211. The van der Waals surface area contributed by atoms with Gasteiger partial charge < -0.3 is 9.72 Å². The molecular weight excluding hydrogens is 304 g/mol. The molecule has 5 nitrogen and oxygen atoms in total. The summed E-state index contributed by atoms with van der Waals surface area (Å²) in [4.78, 5) is 31.4. The van der Waals surface area contributed by atoms with E-state index in [0.29, 0.717) is 23.1 Å². The van der Waals surface area contributed by atoms with Crippen molar-refractivity contribution in [1.29, 1.82) is 0 Å². The van der Waals surface area contributed by atoms with E-state index < -0.39 is 0 Å². The summed E-state index contributed by atoms with van der Waals surface area (Å²) in [6, 6.07) is 16.6. The van der Waals surface area contributed by atoms with Crippen molar-refractivity contribution in [2.75, 3.05) is 0 Å². The zero-order valence-corrected chi connectivity index (χ0v) is 13.4. The quantitative estimate of drug-likeness (QED) is 0.732. The molecule has 0 unspecified atom stereocenters. The number of ether oxygens (including phenoxy) is 1. The Morgan fingerprint density at radius 2 is 1.83 bits per heavy atom. The number of fused-ring (bicyclic) bond motifs is 1. The Kier molecular flexibility index (Phi) is 4.70. The van der Waals surface area contributed by atoms with Gasteiger partial charge in [0.1, 0.15) is 12.4 Å². The molecule has 1 atom stereocenters. The number of rotatable bonds is 5. The van der Waals surface area contributed by atoms with Gasteiger partial charge in [0.2, 0.25) is 0 Å². The van der Waals surface area contributed by atoms with Crippen molar-refractivity contribution in [2.24, 2.45) is 0 Å². The predicted molar refractivity (Wildman–Crippen MR) is 91.6 cm³/mol. The van der Waals surface area contributed by atoms with Crippen molar-refractivity contribution in [1.82, 2.24) is 9.97 Å². The van der Waals surface area contributed by atoms with Gasteiger partial charge >= 0.3 is 5.97 Å². The third-order valence-electron chi connectivity index (χ3n) is 3.91. The van der Waals surface area contributed by atoms with Gasteiger partial charge in [-0.25, -0.2) is 4.98 Å². The van der Waals surface area contributed by atoms with Crippen molar-refractivity contribution in [3.8, 4) is 0 Å². The fourth-order valence-electron chi connectivity index (χ4n) is 2.67. The summed E-state index contributed by atoms with van der Waals surface area (Å²) in [6.07, 6.45) is 0.643. The van der Waals surface area contributed by atoms with Crippen LogP contribution in [0, 0.1) is 0 Å². The number of nitrogens with zero attached hydrogens (tertiary/aromatic N) is 1. The third-order valence-corrected chi connectivity index (χ3v) is 3.91. The van der Waals surface area contributed by atoms with Gasteiger partial charge in [-0.2, -0.15) is 0 Å². The maximum absolute atomic E-state index is 12.4. The average Bonchev–Trinajstić information content (AvgIpc) is 2.61. The Labute approximate surface area is 139 Å². The number of aromatic amines is 1. The molecule has 1 N–H and O–H groups in total. The summed E-state index contributed by atoms with van der Waals surface area (Å²) in [5, 5.41) is 0.517. The number of esters is 1. The first-order valence-corrected chi connectivity index (χ1v) is 7.88. The minimum atomic E-state index is -0.321. The normalized spacial score (nSPS) is 12.0. The predicted octanol–water partition coefficient (Wildman–Crippen LogP) is 3.16. The van der Waals surface area contributed by atoms with Crippen molar-refractivity contribution in [3.63, 3.8) is 0 Å². The largest absolute Gasteiger partial charge is 0.457 e. The van der Waals surface area contributed by atoms with Gasteiger partial charge in [-0.05, 0) is 24.1 Å². The Morgan fingerprint density at radius 1 is 1.12 bits per heavy atom. The highest BCUT2D eigenvalue weighted by molar-refractivity contribution is 5.78. The molecule has 1 aromatic heterocycles. The van der Waals surface area contributed by atoms with Crippen LogP contribution in [0.2, 0.25) is 0 Å². The molecule has 0 aliphatic rings. The van der Waals surface area contributed by atoms with Crippen molar-refractivity contribution in [3.05, 3.63) is 76.3 Å². The molecule has 5 heteroatoms. The van der Waals surface area contributed by atoms with E-state index in [9.17, 15) is 9.59 Å². The molecule has 3 aromatic rings. The van der Waals surface area contributed by atoms with Crippen LogP contribution in [0.3, 0.4) is 0 Å². The minimum Gasteiger partial charge on any atom is -0.457 e. The van der Waals surface area contributed by atoms with Crippen LogP contribution in [-0.4, -0.2) is 15.9 Å². The second-order valence-corrected chi connectivity index (χ2v) is 5.51. The molecule has 0 saturated heterocycles. The van der Waals surface area contributed by atoms with E-state index >= 15 is 0 Å². The summed E-state index contributed by atoms with van der Waals surface area (Å²) < 4.78 is 5.37. The van der Waals surface area contributed by atoms with Crippen LogP contribution in [0.4, 0.5) is 0 Å². The molecule has 0 spiro atoms. The van der Waals surface area contributed by atoms with E-state index in [1.54, 1.807) is 18.2 Å². The average molecular weight is 322 g/mol. The Hall–Kier alpha value is -2.95. The molecule has 24 heavy (non-hydrogen) atoms. The van der Waals surface area contributed by atoms with E-state index in [2.05, 4.69) is 9.97 Å².